The molecule has 1 fully saturated rings. The average Bonchev–Trinajstić information content (AvgIpc) is 3.09. The first-order valence-electron chi connectivity index (χ1n) is 4.84. The molecule has 1 saturated carbocycles. The zero-order valence-electron chi connectivity index (χ0n) is 8.26. The summed E-state index contributed by atoms with van der Waals surface area (Å²) >= 11 is 0. The van der Waals surface area contributed by atoms with Crippen LogP contribution in [0.1, 0.15) is 24.1 Å². The van der Waals surface area contributed by atoms with Gasteiger partial charge in [0.15, 0.2) is 5.84 Å². The molecule has 0 atom stereocenters. The summed E-state index contributed by atoms with van der Waals surface area (Å²) in [5.41, 5.74) is 6.91. The van der Waals surface area contributed by atoms with Gasteiger partial charge in [0, 0.05) is 11.8 Å². The van der Waals surface area contributed by atoms with Crippen molar-refractivity contribution < 1.29 is 9.94 Å². The number of oxime groups is 1. The van der Waals surface area contributed by atoms with Crippen molar-refractivity contribution in [3.05, 3.63) is 29.6 Å². The number of pyridine rings is 1. The maximum Gasteiger partial charge on any atom is 0.170 e. The van der Waals surface area contributed by atoms with Crippen molar-refractivity contribution in [2.24, 2.45) is 10.9 Å². The third-order valence-corrected chi connectivity index (χ3v) is 2.21. The van der Waals surface area contributed by atoms with Gasteiger partial charge in [-0.25, -0.2) is 0 Å². The monoisotopic (exact) mass is 207 g/mol. The molecule has 15 heavy (non-hydrogen) atoms. The number of hydrogen-bond donors (Lipinski definition) is 2. The fourth-order valence-electron chi connectivity index (χ4n) is 1.21. The molecule has 0 amide bonds. The Hall–Kier alpha value is -1.62. The summed E-state index contributed by atoms with van der Waals surface area (Å²) in [6.07, 6.45) is 4.30. The number of rotatable bonds is 4. The lowest BCUT2D eigenvalue weighted by Gasteiger charge is -2.03. The molecule has 5 heteroatoms. The van der Waals surface area contributed by atoms with Gasteiger partial charge in [-0.3, -0.25) is 4.98 Å². The van der Waals surface area contributed by atoms with E-state index in [4.69, 9.17) is 15.7 Å². The molecule has 0 radical (unpaired) electrons. The van der Waals surface area contributed by atoms with Gasteiger partial charge in [-0.2, -0.15) is 0 Å². The Morgan fingerprint density at radius 3 is 3.13 bits per heavy atom. The van der Waals surface area contributed by atoms with Crippen LogP contribution in [0.5, 0.6) is 0 Å². The SMILES string of the molecule is NC(=NO)c1ccnc(COC2CC2)c1. The van der Waals surface area contributed by atoms with Crippen LogP contribution in [0, 0.1) is 0 Å². The number of ether oxygens (including phenoxy) is 1. The van der Waals surface area contributed by atoms with E-state index in [0.717, 1.165) is 18.5 Å². The van der Waals surface area contributed by atoms with Gasteiger partial charge < -0.3 is 15.7 Å². The van der Waals surface area contributed by atoms with Gasteiger partial charge >= 0.3 is 0 Å². The van der Waals surface area contributed by atoms with Crippen molar-refractivity contribution in [2.45, 2.75) is 25.6 Å². The molecule has 1 aromatic heterocycles. The molecular formula is C10H13N3O2. The van der Waals surface area contributed by atoms with E-state index in [9.17, 15) is 0 Å². The smallest absolute Gasteiger partial charge is 0.170 e. The van der Waals surface area contributed by atoms with Gasteiger partial charge in [0.25, 0.3) is 0 Å². The van der Waals surface area contributed by atoms with E-state index in [2.05, 4.69) is 10.1 Å². The lowest BCUT2D eigenvalue weighted by atomic mass is 10.2. The second-order valence-electron chi connectivity index (χ2n) is 3.53. The van der Waals surface area contributed by atoms with Crippen molar-refractivity contribution in [3.8, 4) is 0 Å². The second kappa shape index (κ2) is 4.27. The predicted molar refractivity (Wildman–Crippen MR) is 54.6 cm³/mol. The average molecular weight is 207 g/mol. The summed E-state index contributed by atoms with van der Waals surface area (Å²) in [5, 5.41) is 11.5. The minimum absolute atomic E-state index is 0.0880. The fraction of sp³-hybridized carbons (Fsp3) is 0.400. The fourth-order valence-corrected chi connectivity index (χ4v) is 1.21. The Morgan fingerprint density at radius 2 is 2.47 bits per heavy atom. The summed E-state index contributed by atoms with van der Waals surface area (Å²) in [4.78, 5) is 4.14. The number of nitrogens with zero attached hydrogens (tertiary/aromatic N) is 2. The Kier molecular flexibility index (Phi) is 2.82. The Labute approximate surface area is 87.6 Å². The van der Waals surface area contributed by atoms with E-state index in [-0.39, 0.29) is 5.84 Å². The molecular weight excluding hydrogens is 194 g/mol. The van der Waals surface area contributed by atoms with Gasteiger partial charge in [0.2, 0.25) is 0 Å². The van der Waals surface area contributed by atoms with E-state index < -0.39 is 0 Å². The van der Waals surface area contributed by atoms with Crippen molar-refractivity contribution >= 4 is 5.84 Å². The van der Waals surface area contributed by atoms with Crippen LogP contribution in [0.3, 0.4) is 0 Å². The van der Waals surface area contributed by atoms with Crippen molar-refractivity contribution in [1.29, 1.82) is 0 Å². The van der Waals surface area contributed by atoms with Crippen LogP contribution in [-0.4, -0.2) is 22.1 Å². The minimum Gasteiger partial charge on any atom is -0.409 e. The zero-order chi connectivity index (χ0) is 10.7. The molecule has 0 spiro atoms. The first kappa shape index (κ1) is 9.92. The lowest BCUT2D eigenvalue weighted by Crippen LogP contribution is -2.13. The molecule has 0 aliphatic heterocycles. The highest BCUT2D eigenvalue weighted by molar-refractivity contribution is 5.96. The lowest BCUT2D eigenvalue weighted by molar-refractivity contribution is 0.103. The maximum atomic E-state index is 8.52. The summed E-state index contributed by atoms with van der Waals surface area (Å²) in [7, 11) is 0. The molecule has 0 saturated heterocycles. The second-order valence-corrected chi connectivity index (χ2v) is 3.53. The van der Waals surface area contributed by atoms with E-state index >= 15 is 0 Å². The Balaban J connectivity index is 2.03. The Morgan fingerprint density at radius 1 is 1.67 bits per heavy atom. The van der Waals surface area contributed by atoms with Crippen molar-refractivity contribution in [2.75, 3.05) is 0 Å². The van der Waals surface area contributed by atoms with Crippen LogP contribution in [0.2, 0.25) is 0 Å². The molecule has 2 rings (SSSR count). The van der Waals surface area contributed by atoms with Crippen LogP contribution >= 0.6 is 0 Å². The molecule has 1 heterocycles. The highest BCUT2D eigenvalue weighted by atomic mass is 16.5. The third-order valence-electron chi connectivity index (χ3n) is 2.21. The van der Waals surface area contributed by atoms with E-state index in [1.54, 1.807) is 18.3 Å². The molecule has 0 aromatic carbocycles. The zero-order valence-corrected chi connectivity index (χ0v) is 8.26. The minimum atomic E-state index is 0.0880. The summed E-state index contributed by atoms with van der Waals surface area (Å²) in [6.45, 7) is 0.483. The van der Waals surface area contributed by atoms with Gasteiger partial charge in [-0.05, 0) is 25.0 Å². The highest BCUT2D eigenvalue weighted by Gasteiger charge is 2.22. The normalized spacial score (nSPS) is 16.7. The van der Waals surface area contributed by atoms with Crippen LogP contribution in [-0.2, 0) is 11.3 Å². The molecule has 5 nitrogen and oxygen atoms in total. The predicted octanol–water partition coefficient (Wildman–Crippen LogP) is 0.855. The quantitative estimate of drug-likeness (QED) is 0.332. The molecule has 1 aromatic rings. The Bertz CT molecular complexity index is 375. The van der Waals surface area contributed by atoms with Gasteiger partial charge in [-0.1, -0.05) is 5.16 Å². The van der Waals surface area contributed by atoms with Crippen molar-refractivity contribution in [3.63, 3.8) is 0 Å². The molecule has 1 aliphatic rings. The molecule has 3 N–H and O–H groups in total. The summed E-state index contributed by atoms with van der Waals surface area (Å²) in [5.74, 6) is 0.0880. The number of aromatic nitrogens is 1. The van der Waals surface area contributed by atoms with Crippen LogP contribution in [0.15, 0.2) is 23.5 Å². The highest BCUT2D eigenvalue weighted by Crippen LogP contribution is 2.24. The van der Waals surface area contributed by atoms with Crippen molar-refractivity contribution in [1.82, 2.24) is 4.98 Å². The summed E-state index contributed by atoms with van der Waals surface area (Å²) < 4.78 is 5.50. The first-order valence-corrected chi connectivity index (χ1v) is 4.84. The van der Waals surface area contributed by atoms with Crippen LogP contribution in [0.25, 0.3) is 0 Å². The van der Waals surface area contributed by atoms with E-state index in [1.165, 1.54) is 0 Å². The van der Waals surface area contributed by atoms with Crippen LogP contribution < -0.4 is 5.73 Å². The number of hydrogen-bond acceptors (Lipinski definition) is 4. The number of amidine groups is 1. The van der Waals surface area contributed by atoms with E-state index in [1.807, 2.05) is 0 Å². The van der Waals surface area contributed by atoms with Gasteiger partial charge in [0.1, 0.15) is 0 Å². The molecule has 0 unspecified atom stereocenters. The van der Waals surface area contributed by atoms with Gasteiger partial charge in [0.05, 0.1) is 18.4 Å². The topological polar surface area (TPSA) is 80.7 Å². The standard InChI is InChI=1S/C10H13N3O2/c11-10(13-14)7-3-4-12-8(5-7)6-15-9-1-2-9/h3-5,9,14H,1-2,6H2,(H2,11,13). The largest absolute Gasteiger partial charge is 0.409 e. The summed E-state index contributed by atoms with van der Waals surface area (Å²) in [6, 6.07) is 3.45. The number of nitrogens with two attached hydrogens (primary N) is 1. The molecule has 80 valence electrons. The van der Waals surface area contributed by atoms with Crippen LogP contribution in [0.4, 0.5) is 0 Å². The third kappa shape index (κ3) is 2.66. The van der Waals surface area contributed by atoms with E-state index in [0.29, 0.717) is 18.3 Å². The first-order chi connectivity index (χ1) is 7.29. The molecule has 0 bridgehead atoms. The maximum absolute atomic E-state index is 8.52. The molecule has 1 aliphatic carbocycles. The van der Waals surface area contributed by atoms with Gasteiger partial charge in [-0.15, -0.1) is 0 Å².